The molecule has 0 bridgehead atoms. The zero-order valence-electron chi connectivity index (χ0n) is 36.9. The van der Waals surface area contributed by atoms with Crippen LogP contribution in [-0.2, 0) is 81.0 Å². The van der Waals surface area contributed by atoms with E-state index >= 15 is 0 Å². The Balaban J connectivity index is 3.04. The number of carbonyl (C=O) groups excluding carboxylic acids is 8. The van der Waals surface area contributed by atoms with Gasteiger partial charge in [-0.3, -0.25) is 19.2 Å². The first-order valence-corrected chi connectivity index (χ1v) is 21.1. The molecule has 1 saturated heterocycles. The molecule has 0 aromatic rings. The van der Waals surface area contributed by atoms with Crippen LogP contribution >= 0.6 is 0 Å². The van der Waals surface area contributed by atoms with E-state index in [1.165, 1.54) is 20.8 Å². The molecule has 348 valence electrons. The Kier molecular flexibility index (Phi) is 27.8. The maximum Gasteiger partial charge on any atom is 0.333 e. The fraction of sp³-hybridized carbons (Fsp3) is 0.644. The Morgan fingerprint density at radius 1 is 0.419 bits per heavy atom. The molecule has 17 heteroatoms. The summed E-state index contributed by atoms with van der Waals surface area (Å²) in [5, 5.41) is 0. The molecule has 0 aromatic heterocycles. The molecule has 0 saturated carbocycles. The lowest BCUT2D eigenvalue weighted by molar-refractivity contribution is -0.228. The minimum atomic E-state index is -1.27. The van der Waals surface area contributed by atoms with E-state index in [9.17, 15) is 38.4 Å². The number of esters is 8. The molecule has 1 fully saturated rings. The van der Waals surface area contributed by atoms with Gasteiger partial charge in [0.2, 0.25) is 0 Å². The van der Waals surface area contributed by atoms with Crippen LogP contribution in [0.3, 0.4) is 0 Å². The highest BCUT2D eigenvalue weighted by Crippen LogP contribution is 2.29. The molecular formula is C45H66O17. The summed E-state index contributed by atoms with van der Waals surface area (Å²) < 4.78 is 49.3. The molecule has 1 aliphatic heterocycles. The van der Waals surface area contributed by atoms with Gasteiger partial charge < -0.3 is 42.6 Å². The van der Waals surface area contributed by atoms with Gasteiger partial charge in [0.25, 0.3) is 0 Å². The number of hydrogen-bond donors (Lipinski definition) is 0. The van der Waals surface area contributed by atoms with Gasteiger partial charge in [-0.15, -0.1) is 0 Å². The van der Waals surface area contributed by atoms with Gasteiger partial charge in [0.1, 0.15) is 0 Å². The van der Waals surface area contributed by atoms with E-state index in [2.05, 4.69) is 26.3 Å². The van der Waals surface area contributed by atoms with E-state index in [0.717, 1.165) is 0 Å². The van der Waals surface area contributed by atoms with Crippen molar-refractivity contribution in [1.82, 2.24) is 0 Å². The van der Waals surface area contributed by atoms with Gasteiger partial charge in [-0.05, 0) is 98.3 Å². The summed E-state index contributed by atoms with van der Waals surface area (Å²) in [7, 11) is 0. The Morgan fingerprint density at radius 3 is 1.13 bits per heavy atom. The number of rotatable bonds is 32. The first-order chi connectivity index (χ1) is 29.4. The van der Waals surface area contributed by atoms with Gasteiger partial charge in [0, 0.05) is 48.0 Å². The summed E-state index contributed by atoms with van der Waals surface area (Å²) in [6, 6.07) is 0. The van der Waals surface area contributed by atoms with Gasteiger partial charge in [-0.2, -0.15) is 0 Å². The van der Waals surface area contributed by atoms with E-state index in [-0.39, 0.29) is 94.9 Å². The predicted octanol–water partition coefficient (Wildman–Crippen LogP) is 5.99. The lowest BCUT2D eigenvalue weighted by atomic mass is 9.95. The largest absolute Gasteiger partial charge is 0.466 e. The molecule has 1 unspecified atom stereocenters. The monoisotopic (exact) mass is 878 g/mol. The second-order valence-corrected chi connectivity index (χ2v) is 15.0. The Morgan fingerprint density at radius 2 is 0.742 bits per heavy atom. The second-order valence-electron chi connectivity index (χ2n) is 15.0. The van der Waals surface area contributed by atoms with Crippen molar-refractivity contribution in [3.8, 4) is 0 Å². The molecule has 0 N–H and O–H groups in total. The summed E-state index contributed by atoms with van der Waals surface area (Å²) in [5.41, 5.74) is 1.02. The van der Waals surface area contributed by atoms with E-state index in [1.54, 1.807) is 6.92 Å². The van der Waals surface area contributed by atoms with Crippen LogP contribution in [0.5, 0.6) is 0 Å². The van der Waals surface area contributed by atoms with Crippen molar-refractivity contribution >= 4 is 47.8 Å². The molecule has 0 aliphatic carbocycles. The van der Waals surface area contributed by atoms with Crippen molar-refractivity contribution in [2.75, 3.05) is 39.6 Å². The Bertz CT molecular complexity index is 1560. The highest BCUT2D eigenvalue weighted by atomic mass is 16.6. The molecule has 1 rings (SSSR count). The Hall–Kier alpha value is -5.32. The highest BCUT2D eigenvalue weighted by molar-refractivity contribution is 5.88. The maximum absolute atomic E-state index is 13.3. The van der Waals surface area contributed by atoms with Gasteiger partial charge in [-0.25, -0.2) is 19.2 Å². The normalized spacial score (nSPS) is 16.7. The average Bonchev–Trinajstić information content (AvgIpc) is 3.21. The topological polar surface area (TPSA) is 220 Å². The van der Waals surface area contributed by atoms with Crippen LogP contribution in [0, 0.1) is 0 Å². The van der Waals surface area contributed by atoms with Gasteiger partial charge in [0.05, 0.1) is 45.7 Å². The van der Waals surface area contributed by atoms with Crippen LogP contribution in [0.15, 0.2) is 48.6 Å². The van der Waals surface area contributed by atoms with E-state index < -0.39 is 72.2 Å². The number of unbranched alkanes of at least 4 members (excludes halogenated alkanes) is 5. The molecule has 62 heavy (non-hydrogen) atoms. The molecule has 0 radical (unpaired) electrons. The smallest absolute Gasteiger partial charge is 0.333 e. The predicted molar refractivity (Wildman–Crippen MR) is 223 cm³/mol. The summed E-state index contributed by atoms with van der Waals surface area (Å²) >= 11 is 0. The molecule has 0 spiro atoms. The maximum atomic E-state index is 13.3. The Labute approximate surface area is 364 Å². The second kappa shape index (κ2) is 31.5. The third-order valence-corrected chi connectivity index (χ3v) is 8.92. The molecule has 17 nitrogen and oxygen atoms in total. The standard InChI is InChI=1S/C45H66O17/c1-30(2)42(50)55-25-15-10-20-36(46)54-24-14-9-19-34-40(61-38(48)22-12-17-27-57-44(52)32(5)6)41(62-39(49)23-13-18-28-58-45(53)33(7)8)35(29-59-34)60-37(47)21-11-16-26-56-43(51)31(3)4/h34-35,40-41H,1,3,5,7,9-29H2,2,4,6,8H3/t34?,35-,40+,41+/m1/s1. The number of carbonyl (C=O) groups is 8. The van der Waals surface area contributed by atoms with Crippen molar-refractivity contribution in [1.29, 1.82) is 0 Å². The van der Waals surface area contributed by atoms with Crippen molar-refractivity contribution in [2.24, 2.45) is 0 Å². The van der Waals surface area contributed by atoms with E-state index in [0.29, 0.717) is 63.4 Å². The van der Waals surface area contributed by atoms with Crippen LogP contribution < -0.4 is 0 Å². The quantitative estimate of drug-likeness (QED) is 0.0328. The van der Waals surface area contributed by atoms with E-state index in [1.807, 2.05) is 0 Å². The fourth-order valence-electron chi connectivity index (χ4n) is 5.46. The lowest BCUT2D eigenvalue weighted by Gasteiger charge is -2.41. The van der Waals surface area contributed by atoms with Crippen LogP contribution in [0.2, 0.25) is 0 Å². The summed E-state index contributed by atoms with van der Waals surface area (Å²) in [5.74, 6) is -4.53. The van der Waals surface area contributed by atoms with Crippen LogP contribution in [-0.4, -0.2) is 112 Å². The molecular weight excluding hydrogens is 812 g/mol. The molecule has 4 atom stereocenters. The minimum Gasteiger partial charge on any atom is -0.466 e. The summed E-state index contributed by atoms with van der Waals surface area (Å²) in [6.45, 7) is 20.5. The molecule has 1 heterocycles. The number of hydrogen-bond acceptors (Lipinski definition) is 17. The fourth-order valence-corrected chi connectivity index (χ4v) is 5.46. The zero-order chi connectivity index (χ0) is 46.5. The third-order valence-electron chi connectivity index (χ3n) is 8.92. The zero-order valence-corrected chi connectivity index (χ0v) is 36.9. The van der Waals surface area contributed by atoms with Crippen molar-refractivity contribution in [3.05, 3.63) is 48.6 Å². The lowest BCUT2D eigenvalue weighted by Crippen LogP contribution is -2.57. The average molecular weight is 879 g/mol. The van der Waals surface area contributed by atoms with Crippen molar-refractivity contribution < 1.29 is 81.0 Å². The van der Waals surface area contributed by atoms with Gasteiger partial charge >= 0.3 is 47.8 Å². The highest BCUT2D eigenvalue weighted by Gasteiger charge is 2.47. The van der Waals surface area contributed by atoms with Crippen LogP contribution in [0.1, 0.15) is 124 Å². The first kappa shape index (κ1) is 54.7. The van der Waals surface area contributed by atoms with Gasteiger partial charge in [0.15, 0.2) is 18.3 Å². The third kappa shape index (κ3) is 24.8. The summed E-state index contributed by atoms with van der Waals surface area (Å²) in [6.07, 6.45) is -0.481. The van der Waals surface area contributed by atoms with Crippen molar-refractivity contribution in [2.45, 2.75) is 148 Å². The molecule has 0 aromatic carbocycles. The SMILES string of the molecule is C=C(C)C(=O)OCCCCC(=O)OCCCCC1OC[C@@H](OC(=O)CCCCOC(=O)C(=C)C)[C@H](OC(=O)CCCCOC(=O)C(=C)C)[C@H]1OC(=O)CCCCOC(=O)C(=C)C. The first-order valence-electron chi connectivity index (χ1n) is 21.1. The molecule has 0 amide bonds. The van der Waals surface area contributed by atoms with E-state index in [4.69, 9.17) is 42.6 Å². The van der Waals surface area contributed by atoms with Crippen LogP contribution in [0.25, 0.3) is 0 Å². The van der Waals surface area contributed by atoms with Gasteiger partial charge in [-0.1, -0.05) is 26.3 Å². The van der Waals surface area contributed by atoms with Crippen molar-refractivity contribution in [3.63, 3.8) is 0 Å². The number of ether oxygens (including phenoxy) is 9. The minimum absolute atomic E-state index is 0.0554. The molecule has 1 aliphatic rings. The summed E-state index contributed by atoms with van der Waals surface area (Å²) in [4.78, 5) is 98.5. The van der Waals surface area contributed by atoms with Crippen LogP contribution in [0.4, 0.5) is 0 Å².